The summed E-state index contributed by atoms with van der Waals surface area (Å²) in [7, 11) is 2.04. The van der Waals surface area contributed by atoms with Gasteiger partial charge in [0.15, 0.2) is 0 Å². The molecule has 1 spiro atoms. The van der Waals surface area contributed by atoms with Gasteiger partial charge in [0.05, 0.1) is 42.9 Å². The first kappa shape index (κ1) is 21.2. The molecule has 3 heterocycles. The maximum Gasteiger partial charge on any atom is 0.322 e. The third-order valence-electron chi connectivity index (χ3n) is 7.47. The summed E-state index contributed by atoms with van der Waals surface area (Å²) in [5, 5.41) is 6.89. The van der Waals surface area contributed by atoms with Crippen molar-refractivity contribution in [2.45, 2.75) is 43.7 Å². The number of carbonyl (C=O) groups is 1. The smallest absolute Gasteiger partial charge is 0.322 e. The van der Waals surface area contributed by atoms with Crippen molar-refractivity contribution in [1.82, 2.24) is 20.6 Å². The number of rotatable bonds is 4. The Bertz CT molecular complexity index is 968. The van der Waals surface area contributed by atoms with Crippen LogP contribution in [0.5, 0.6) is 0 Å². The Morgan fingerprint density at radius 2 is 1.81 bits per heavy atom. The van der Waals surface area contributed by atoms with E-state index in [-0.39, 0.29) is 17.1 Å². The van der Waals surface area contributed by atoms with Crippen molar-refractivity contribution in [1.29, 1.82) is 0 Å². The van der Waals surface area contributed by atoms with Crippen LogP contribution < -0.4 is 20.4 Å². The molecule has 1 saturated carbocycles. The van der Waals surface area contributed by atoms with Crippen molar-refractivity contribution < 1.29 is 9.53 Å². The topological polar surface area (TPSA) is 82.6 Å². The predicted octanol–water partition coefficient (Wildman–Crippen LogP) is 2.58. The van der Waals surface area contributed by atoms with Gasteiger partial charge in [-0.2, -0.15) is 0 Å². The highest BCUT2D eigenvalue weighted by molar-refractivity contribution is 5.95. The number of hydrogen-bond donors (Lipinski definition) is 2. The number of aromatic nitrogens is 2. The van der Waals surface area contributed by atoms with Gasteiger partial charge in [0.1, 0.15) is 0 Å². The Morgan fingerprint density at radius 3 is 2.47 bits per heavy atom. The van der Waals surface area contributed by atoms with E-state index in [9.17, 15) is 4.79 Å². The third-order valence-corrected chi connectivity index (χ3v) is 7.47. The second kappa shape index (κ2) is 8.33. The summed E-state index contributed by atoms with van der Waals surface area (Å²) in [5.41, 5.74) is 2.70. The summed E-state index contributed by atoms with van der Waals surface area (Å²) >= 11 is 0. The molecule has 2 amide bonds. The van der Waals surface area contributed by atoms with E-state index in [1.165, 1.54) is 5.56 Å². The number of ether oxygens (including phenoxy) is 1. The van der Waals surface area contributed by atoms with Crippen LogP contribution in [0.4, 0.5) is 16.4 Å². The zero-order chi connectivity index (χ0) is 22.2. The first-order chi connectivity index (χ1) is 15.5. The number of urea groups is 1. The van der Waals surface area contributed by atoms with Gasteiger partial charge in [0.2, 0.25) is 5.95 Å². The van der Waals surface area contributed by atoms with Gasteiger partial charge in [-0.15, -0.1) is 0 Å². The fraction of sp³-hybridized carbons (Fsp3) is 0.542. The highest BCUT2D eigenvalue weighted by Gasteiger charge is 2.49. The van der Waals surface area contributed by atoms with E-state index in [0.717, 1.165) is 50.2 Å². The lowest BCUT2D eigenvalue weighted by atomic mass is 9.69. The van der Waals surface area contributed by atoms with E-state index in [0.29, 0.717) is 25.7 Å². The lowest BCUT2D eigenvalue weighted by molar-refractivity contribution is 0.122. The van der Waals surface area contributed by atoms with Crippen molar-refractivity contribution in [3.05, 3.63) is 47.8 Å². The highest BCUT2D eigenvalue weighted by atomic mass is 16.5. The van der Waals surface area contributed by atoms with Crippen LogP contribution in [0.2, 0.25) is 0 Å². The van der Waals surface area contributed by atoms with E-state index in [1.807, 2.05) is 18.9 Å². The molecule has 32 heavy (non-hydrogen) atoms. The Morgan fingerprint density at radius 1 is 1.09 bits per heavy atom. The lowest BCUT2D eigenvalue weighted by Gasteiger charge is -2.45. The minimum Gasteiger partial charge on any atom is -0.378 e. The van der Waals surface area contributed by atoms with Crippen molar-refractivity contribution in [3.63, 3.8) is 0 Å². The van der Waals surface area contributed by atoms with Crippen LogP contribution >= 0.6 is 0 Å². The summed E-state index contributed by atoms with van der Waals surface area (Å²) in [6.45, 7) is 5.58. The Kier molecular flexibility index (Phi) is 5.51. The van der Waals surface area contributed by atoms with Crippen LogP contribution in [-0.2, 0) is 10.3 Å². The normalized spacial score (nSPS) is 28.2. The van der Waals surface area contributed by atoms with Crippen LogP contribution in [0.3, 0.4) is 0 Å². The minimum absolute atomic E-state index is 0.0382. The molecule has 2 aliphatic heterocycles. The first-order valence-electron chi connectivity index (χ1n) is 11.5. The number of amides is 2. The average molecular weight is 437 g/mol. The Labute approximate surface area is 189 Å². The summed E-state index contributed by atoms with van der Waals surface area (Å²) < 4.78 is 5.42. The number of morpholine rings is 1. The first-order valence-corrected chi connectivity index (χ1v) is 11.5. The number of nitrogens with one attached hydrogen (secondary N) is 2. The second-order valence-corrected chi connectivity index (χ2v) is 9.23. The fourth-order valence-corrected chi connectivity index (χ4v) is 5.41. The van der Waals surface area contributed by atoms with E-state index >= 15 is 0 Å². The molecule has 1 aliphatic carbocycles. The number of aryl methyl sites for hydroxylation is 1. The van der Waals surface area contributed by atoms with Crippen LogP contribution in [-0.4, -0.2) is 61.4 Å². The standard InChI is InChI=1S/C24H32N6O2/c1-18-20(16-26-21(27-18)29-12-14-32-15-13-29)30-17-23(28-22(30)31)8-10-24(25-2,11-9-23)19-6-4-3-5-7-19/h3-7,16,25H,8-15,17H2,1-2H3,(H,28,31). The molecule has 8 nitrogen and oxygen atoms in total. The fourth-order valence-electron chi connectivity index (χ4n) is 5.41. The van der Waals surface area contributed by atoms with Gasteiger partial charge in [-0.25, -0.2) is 14.8 Å². The molecule has 2 aromatic rings. The third kappa shape index (κ3) is 3.71. The molecule has 3 aliphatic rings. The Balaban J connectivity index is 1.31. The molecule has 5 rings (SSSR count). The second-order valence-electron chi connectivity index (χ2n) is 9.23. The van der Waals surface area contributed by atoms with Crippen LogP contribution in [0.1, 0.15) is 36.9 Å². The minimum atomic E-state index is -0.207. The van der Waals surface area contributed by atoms with Gasteiger partial charge in [0.25, 0.3) is 0 Å². The molecular formula is C24H32N6O2. The number of benzene rings is 1. The predicted molar refractivity (Wildman–Crippen MR) is 124 cm³/mol. The van der Waals surface area contributed by atoms with Gasteiger partial charge in [-0.1, -0.05) is 30.3 Å². The van der Waals surface area contributed by atoms with Crippen LogP contribution in [0.15, 0.2) is 36.5 Å². The molecule has 0 atom stereocenters. The SMILES string of the molecule is CNC1(c2ccccc2)CCC2(CC1)CN(c1cnc(N3CCOCC3)nc1C)C(=O)N2. The molecule has 0 unspecified atom stereocenters. The molecular weight excluding hydrogens is 404 g/mol. The highest BCUT2D eigenvalue weighted by Crippen LogP contribution is 2.43. The van der Waals surface area contributed by atoms with E-state index in [1.54, 1.807) is 6.20 Å². The maximum atomic E-state index is 13.0. The zero-order valence-electron chi connectivity index (χ0n) is 18.9. The summed E-state index contributed by atoms with van der Waals surface area (Å²) in [5.74, 6) is 0.711. The molecule has 1 aromatic heterocycles. The van der Waals surface area contributed by atoms with Gasteiger partial charge >= 0.3 is 6.03 Å². The molecule has 0 radical (unpaired) electrons. The molecule has 0 bridgehead atoms. The van der Waals surface area contributed by atoms with Gasteiger partial charge in [0, 0.05) is 18.6 Å². The number of hydrogen-bond acceptors (Lipinski definition) is 6. The van der Waals surface area contributed by atoms with E-state index in [2.05, 4.69) is 50.8 Å². The van der Waals surface area contributed by atoms with Crippen molar-refractivity contribution in [2.75, 3.05) is 49.7 Å². The van der Waals surface area contributed by atoms with Crippen molar-refractivity contribution in [2.24, 2.45) is 0 Å². The van der Waals surface area contributed by atoms with Crippen molar-refractivity contribution >= 4 is 17.7 Å². The maximum absolute atomic E-state index is 13.0. The van der Waals surface area contributed by atoms with Gasteiger partial charge in [-0.05, 0) is 45.2 Å². The molecule has 8 heteroatoms. The number of anilines is 2. The number of carbonyl (C=O) groups excluding carboxylic acids is 1. The number of nitrogens with zero attached hydrogens (tertiary/aromatic N) is 4. The quantitative estimate of drug-likeness (QED) is 0.767. The average Bonchev–Trinajstić information content (AvgIpc) is 3.16. The molecule has 170 valence electrons. The lowest BCUT2D eigenvalue weighted by Crippen LogP contribution is -2.53. The van der Waals surface area contributed by atoms with Gasteiger partial charge < -0.3 is 20.3 Å². The van der Waals surface area contributed by atoms with Crippen LogP contribution in [0, 0.1) is 6.92 Å². The summed E-state index contributed by atoms with van der Waals surface area (Å²) in [6, 6.07) is 10.6. The molecule has 1 aromatic carbocycles. The largest absolute Gasteiger partial charge is 0.378 e. The molecule has 3 fully saturated rings. The van der Waals surface area contributed by atoms with E-state index in [4.69, 9.17) is 9.72 Å². The summed E-state index contributed by atoms with van der Waals surface area (Å²) in [6.07, 6.45) is 5.62. The van der Waals surface area contributed by atoms with E-state index < -0.39 is 0 Å². The molecule has 2 saturated heterocycles. The molecule has 2 N–H and O–H groups in total. The van der Waals surface area contributed by atoms with Crippen molar-refractivity contribution in [3.8, 4) is 0 Å². The Hall–Kier alpha value is -2.71. The zero-order valence-corrected chi connectivity index (χ0v) is 18.9. The van der Waals surface area contributed by atoms with Gasteiger partial charge in [-0.3, -0.25) is 4.90 Å². The monoisotopic (exact) mass is 436 g/mol. The van der Waals surface area contributed by atoms with Crippen LogP contribution in [0.25, 0.3) is 0 Å². The summed E-state index contributed by atoms with van der Waals surface area (Å²) in [4.78, 5) is 26.3.